The third kappa shape index (κ3) is 40.7. The Labute approximate surface area is 365 Å². The first kappa shape index (κ1) is 56.6. The van der Waals surface area contributed by atoms with Crippen LogP contribution in [0, 0.1) is 0 Å². The van der Waals surface area contributed by atoms with Gasteiger partial charge in [-0.3, -0.25) is 23.4 Å². The van der Waals surface area contributed by atoms with Crippen molar-refractivity contribution in [2.24, 2.45) is 5.73 Å². The number of esters is 2. The van der Waals surface area contributed by atoms with Crippen LogP contribution in [0.3, 0.4) is 0 Å². The van der Waals surface area contributed by atoms with E-state index in [1.165, 1.54) is 0 Å². The second-order valence-electron chi connectivity index (χ2n) is 13.6. The number of hydrogen-bond acceptors (Lipinski definition) is 10. The highest BCUT2D eigenvalue weighted by atomic mass is 31.2. The quantitative estimate of drug-likeness (QED) is 0.0152. The van der Waals surface area contributed by atoms with Crippen molar-refractivity contribution in [3.63, 3.8) is 0 Å². The summed E-state index contributed by atoms with van der Waals surface area (Å²) in [5.41, 5.74) is 5.32. The first-order valence-corrected chi connectivity index (χ1v) is 22.8. The Morgan fingerprint density at radius 2 is 1.07 bits per heavy atom. The molecule has 0 rings (SSSR count). The minimum Gasteiger partial charge on any atom is -0.480 e. The van der Waals surface area contributed by atoms with Crippen molar-refractivity contribution in [2.75, 3.05) is 19.8 Å². The molecule has 0 fully saturated rings. The zero-order chi connectivity index (χ0) is 45.1. The molecule has 0 heterocycles. The maximum Gasteiger partial charge on any atom is 0.472 e. The van der Waals surface area contributed by atoms with Crippen LogP contribution < -0.4 is 5.73 Å². The molecule has 0 aliphatic carbocycles. The number of hydrogen-bond donors (Lipinski definition) is 4. The summed E-state index contributed by atoms with van der Waals surface area (Å²) in [6.07, 6.45) is 53.1. The normalized spacial score (nSPS) is 15.5. The minimum atomic E-state index is -4.77. The Hall–Kier alpha value is -4.42. The number of allylic oxidation sites excluding steroid dienone is 20. The number of aliphatic hydroxyl groups is 1. The molecule has 0 bridgehead atoms. The van der Waals surface area contributed by atoms with Crippen LogP contribution in [0.4, 0.5) is 0 Å². The van der Waals surface area contributed by atoms with Crippen LogP contribution in [0.2, 0.25) is 0 Å². The van der Waals surface area contributed by atoms with E-state index in [0.717, 1.165) is 51.4 Å². The van der Waals surface area contributed by atoms with Crippen LogP contribution in [0.5, 0.6) is 0 Å². The van der Waals surface area contributed by atoms with Gasteiger partial charge in [-0.1, -0.05) is 148 Å². The van der Waals surface area contributed by atoms with Gasteiger partial charge in [-0.05, 0) is 83.5 Å². The van der Waals surface area contributed by atoms with Gasteiger partial charge in [0.25, 0.3) is 0 Å². The van der Waals surface area contributed by atoms with E-state index in [1.807, 2.05) is 73.8 Å². The molecule has 0 aliphatic rings. The van der Waals surface area contributed by atoms with E-state index in [2.05, 4.69) is 72.2 Å². The van der Waals surface area contributed by atoms with E-state index < -0.39 is 63.8 Å². The van der Waals surface area contributed by atoms with E-state index in [9.17, 15) is 28.9 Å². The van der Waals surface area contributed by atoms with Gasteiger partial charge in [0.05, 0.1) is 19.3 Å². The number of nitrogens with two attached hydrogens (primary N) is 1. The molecule has 340 valence electrons. The van der Waals surface area contributed by atoms with Gasteiger partial charge in [0.1, 0.15) is 12.6 Å². The fourth-order valence-corrected chi connectivity index (χ4v) is 5.45. The Morgan fingerprint density at radius 1 is 0.590 bits per heavy atom. The molecule has 0 spiro atoms. The molecule has 13 heteroatoms. The number of ether oxygens (including phenoxy) is 2. The summed E-state index contributed by atoms with van der Waals surface area (Å²) in [6.45, 7) is 2.27. The molecule has 0 aliphatic heterocycles. The second-order valence-corrected chi connectivity index (χ2v) is 15.0. The number of carboxylic acid groups (broad SMARTS) is 1. The molecule has 0 aromatic carbocycles. The van der Waals surface area contributed by atoms with E-state index >= 15 is 0 Å². The van der Waals surface area contributed by atoms with Gasteiger partial charge in [-0.25, -0.2) is 4.57 Å². The second kappa shape index (κ2) is 41.0. The van der Waals surface area contributed by atoms with Gasteiger partial charge < -0.3 is 30.3 Å². The Kier molecular flexibility index (Phi) is 38.0. The highest BCUT2D eigenvalue weighted by molar-refractivity contribution is 7.47. The zero-order valence-corrected chi connectivity index (χ0v) is 37.2. The van der Waals surface area contributed by atoms with Gasteiger partial charge in [0, 0.05) is 12.8 Å². The van der Waals surface area contributed by atoms with Crippen LogP contribution >= 0.6 is 7.82 Å². The third-order valence-electron chi connectivity index (χ3n) is 7.98. The molecule has 0 saturated carbocycles. The van der Waals surface area contributed by atoms with Crippen molar-refractivity contribution in [3.8, 4) is 0 Å². The van der Waals surface area contributed by atoms with Crippen molar-refractivity contribution in [3.05, 3.63) is 134 Å². The lowest BCUT2D eigenvalue weighted by Gasteiger charge is -2.20. The zero-order valence-electron chi connectivity index (χ0n) is 36.3. The van der Waals surface area contributed by atoms with Crippen molar-refractivity contribution in [2.45, 2.75) is 128 Å². The van der Waals surface area contributed by atoms with Gasteiger partial charge in [0.2, 0.25) is 0 Å². The number of phosphoric acid groups is 1. The van der Waals surface area contributed by atoms with Crippen LogP contribution in [-0.2, 0) is 37.5 Å². The topological polar surface area (TPSA) is 192 Å². The summed E-state index contributed by atoms with van der Waals surface area (Å²) in [4.78, 5) is 45.9. The fourth-order valence-electron chi connectivity index (χ4n) is 4.67. The van der Waals surface area contributed by atoms with Gasteiger partial charge >= 0.3 is 25.7 Å². The molecule has 0 amide bonds. The molecule has 0 radical (unpaired) electrons. The number of aliphatic hydroxyl groups excluding tert-OH is 1. The van der Waals surface area contributed by atoms with Gasteiger partial charge in [0.15, 0.2) is 6.10 Å². The summed E-state index contributed by atoms with van der Waals surface area (Å²) >= 11 is 0. The highest BCUT2D eigenvalue weighted by Gasteiger charge is 2.28. The molecule has 0 aromatic heterocycles. The highest BCUT2D eigenvalue weighted by Crippen LogP contribution is 2.43. The smallest absolute Gasteiger partial charge is 0.472 e. The lowest BCUT2D eigenvalue weighted by molar-refractivity contribution is -0.161. The van der Waals surface area contributed by atoms with Crippen LogP contribution in [0.25, 0.3) is 0 Å². The number of aliphatic carboxylic acids is 1. The summed E-state index contributed by atoms with van der Waals surface area (Å²) in [7, 11) is -4.77. The molecule has 0 aromatic rings. The fraction of sp³-hybridized carbons (Fsp3) is 0.479. The van der Waals surface area contributed by atoms with E-state index in [1.54, 1.807) is 6.08 Å². The summed E-state index contributed by atoms with van der Waals surface area (Å²) < 4.78 is 32.5. The predicted octanol–water partition coefficient (Wildman–Crippen LogP) is 10.4. The van der Waals surface area contributed by atoms with Crippen LogP contribution in [0.15, 0.2) is 134 Å². The predicted molar refractivity (Wildman–Crippen MR) is 245 cm³/mol. The Balaban J connectivity index is 4.66. The van der Waals surface area contributed by atoms with Crippen molar-refractivity contribution in [1.82, 2.24) is 0 Å². The summed E-state index contributed by atoms with van der Waals surface area (Å²) in [5, 5.41) is 18.6. The number of unbranched alkanes of at least 4 members (excludes halogenated alkanes) is 1. The van der Waals surface area contributed by atoms with Crippen LogP contribution in [-0.4, -0.2) is 71.1 Å². The summed E-state index contributed by atoms with van der Waals surface area (Å²) in [5.74, 6) is -2.61. The molecular formula is C48H72NO11P. The monoisotopic (exact) mass is 869 g/mol. The Morgan fingerprint density at radius 3 is 1.61 bits per heavy atom. The molecule has 12 nitrogen and oxygen atoms in total. The minimum absolute atomic E-state index is 0.00608. The number of carbonyl (C=O) groups is 3. The first-order chi connectivity index (χ1) is 29.5. The van der Waals surface area contributed by atoms with Crippen molar-refractivity contribution in [1.29, 1.82) is 0 Å². The van der Waals surface area contributed by atoms with Crippen molar-refractivity contribution < 1.29 is 52.6 Å². The SMILES string of the molecule is CC/C=C\C/C=C\C/C=C\C/C=C\C/C=C\C/C=C\CCC(=O)O[C@H](COC(=O)CCC/C=C\C/C=C\C/C=C\C=C\CC(O)/C=C\CC)COP(=O)(O)OC[C@H](N)C(=O)O. The van der Waals surface area contributed by atoms with E-state index in [-0.39, 0.29) is 12.8 Å². The van der Waals surface area contributed by atoms with Gasteiger partial charge in [-0.15, -0.1) is 0 Å². The average molecular weight is 870 g/mol. The van der Waals surface area contributed by atoms with Crippen molar-refractivity contribution >= 4 is 25.7 Å². The molecule has 5 N–H and O–H groups in total. The Bertz CT molecular complexity index is 1550. The lowest BCUT2D eigenvalue weighted by Crippen LogP contribution is -2.34. The number of rotatable bonds is 37. The largest absolute Gasteiger partial charge is 0.480 e. The van der Waals surface area contributed by atoms with E-state index in [4.69, 9.17) is 24.8 Å². The molecule has 61 heavy (non-hydrogen) atoms. The molecule has 2 unspecified atom stereocenters. The number of phosphoric ester groups is 1. The standard InChI is InChI=1S/C48H72NO11P/c1-3-5-7-8-9-10-11-12-13-14-15-16-17-18-23-26-29-32-35-39-47(52)60-44(41-58-61(55,56)59-42-45(49)48(53)54)40-57-46(51)38-34-31-28-25-22-20-19-21-24-27-30-33-37-43(50)36-6-4-2/h5-7,9-10,12-13,15-16,18-20,23-25,27-30,32-33,36,43-45,50H,3-4,8,11,14,17,21-22,26,31,34-35,37-42,49H2,1-2H3,(H,53,54)(H,55,56)/b7-5-,10-9-,13-12-,16-15-,20-19-,23-18-,27-24-,28-25-,32-29-,33-30+,36-6-/t43?,44-,45+/m1/s1. The van der Waals surface area contributed by atoms with E-state index in [0.29, 0.717) is 32.1 Å². The van der Waals surface area contributed by atoms with Gasteiger partial charge in [-0.2, -0.15) is 0 Å². The molecular weight excluding hydrogens is 797 g/mol. The molecule has 0 saturated heterocycles. The summed E-state index contributed by atoms with van der Waals surface area (Å²) in [6, 6.07) is -1.56. The maximum atomic E-state index is 12.6. The third-order valence-corrected chi connectivity index (χ3v) is 8.93. The number of carboxylic acids is 1. The number of carbonyl (C=O) groups excluding carboxylic acids is 2. The lowest BCUT2D eigenvalue weighted by atomic mass is 10.2. The molecule has 4 atom stereocenters. The maximum absolute atomic E-state index is 12.6. The first-order valence-electron chi connectivity index (χ1n) is 21.3. The van der Waals surface area contributed by atoms with Crippen LogP contribution in [0.1, 0.15) is 110 Å². The average Bonchev–Trinajstić information content (AvgIpc) is 3.23.